The number of non-ortho nitro benzene ring substituents is 1. The molecule has 0 aliphatic rings. The molecular formula is C25H17NO5. The maximum absolute atomic E-state index is 11.0. The summed E-state index contributed by atoms with van der Waals surface area (Å²) in [6.07, 6.45) is 0. The predicted molar refractivity (Wildman–Crippen MR) is 117 cm³/mol. The van der Waals surface area contributed by atoms with Gasteiger partial charge in [-0.3, -0.25) is 10.1 Å². The van der Waals surface area contributed by atoms with E-state index < -0.39 is 10.9 Å². The molecule has 0 aliphatic carbocycles. The number of carbonyl (C=O) groups is 1. The van der Waals surface area contributed by atoms with Crippen LogP contribution >= 0.6 is 0 Å². The monoisotopic (exact) mass is 411 g/mol. The standard InChI is InChI=1S/C25H17NO5/c27-25(28)21-7-5-19(6-8-21)17-1-3-18(4-2-17)20-9-13-23(14-10-20)31-24-15-11-22(12-16-24)26(29)30/h1-16H,(H,27,28). The number of aromatic carboxylic acids is 1. The van der Waals surface area contributed by atoms with Crippen molar-refractivity contribution in [1.29, 1.82) is 0 Å². The van der Waals surface area contributed by atoms with Gasteiger partial charge in [-0.1, -0.05) is 48.5 Å². The molecule has 0 atom stereocenters. The van der Waals surface area contributed by atoms with Crippen LogP contribution in [0, 0.1) is 10.1 Å². The van der Waals surface area contributed by atoms with E-state index in [-0.39, 0.29) is 11.3 Å². The lowest BCUT2D eigenvalue weighted by Gasteiger charge is -2.08. The highest BCUT2D eigenvalue weighted by molar-refractivity contribution is 5.88. The van der Waals surface area contributed by atoms with Gasteiger partial charge >= 0.3 is 5.97 Å². The van der Waals surface area contributed by atoms with Gasteiger partial charge in [-0.05, 0) is 58.7 Å². The highest BCUT2D eigenvalue weighted by atomic mass is 16.6. The minimum Gasteiger partial charge on any atom is -0.478 e. The molecule has 0 fully saturated rings. The van der Waals surface area contributed by atoms with E-state index >= 15 is 0 Å². The smallest absolute Gasteiger partial charge is 0.335 e. The molecule has 4 aromatic carbocycles. The Morgan fingerprint density at radius 1 is 0.645 bits per heavy atom. The molecule has 4 aromatic rings. The van der Waals surface area contributed by atoms with Crippen molar-refractivity contribution in [2.24, 2.45) is 0 Å². The van der Waals surface area contributed by atoms with Crippen molar-refractivity contribution in [2.75, 3.05) is 0 Å². The Hall–Kier alpha value is -4.45. The van der Waals surface area contributed by atoms with Crippen molar-refractivity contribution in [3.05, 3.63) is 113 Å². The molecule has 0 saturated heterocycles. The van der Waals surface area contributed by atoms with Gasteiger partial charge in [-0.2, -0.15) is 0 Å². The quantitative estimate of drug-likeness (QED) is 0.292. The molecule has 6 heteroatoms. The van der Waals surface area contributed by atoms with E-state index in [9.17, 15) is 14.9 Å². The summed E-state index contributed by atoms with van der Waals surface area (Å²) in [6, 6.07) is 28.3. The van der Waals surface area contributed by atoms with Crippen LogP contribution < -0.4 is 4.74 Å². The third-order valence-corrected chi connectivity index (χ3v) is 4.82. The summed E-state index contributed by atoms with van der Waals surface area (Å²) >= 11 is 0. The number of nitrogens with zero attached hydrogens (tertiary/aromatic N) is 1. The van der Waals surface area contributed by atoms with E-state index in [1.165, 1.54) is 12.1 Å². The number of hydrogen-bond donors (Lipinski definition) is 1. The first-order valence-corrected chi connectivity index (χ1v) is 9.46. The number of rotatable bonds is 6. The molecular weight excluding hydrogens is 394 g/mol. The number of nitro groups is 1. The lowest BCUT2D eigenvalue weighted by atomic mass is 9.99. The first-order chi connectivity index (χ1) is 15.0. The van der Waals surface area contributed by atoms with Crippen molar-refractivity contribution >= 4 is 11.7 Å². The molecule has 31 heavy (non-hydrogen) atoms. The molecule has 0 heterocycles. The maximum Gasteiger partial charge on any atom is 0.335 e. The van der Waals surface area contributed by atoms with E-state index in [0.717, 1.165) is 22.3 Å². The van der Waals surface area contributed by atoms with Crippen molar-refractivity contribution in [1.82, 2.24) is 0 Å². The number of nitro benzene ring substituents is 1. The van der Waals surface area contributed by atoms with E-state index in [1.807, 2.05) is 48.5 Å². The van der Waals surface area contributed by atoms with E-state index in [2.05, 4.69) is 0 Å². The average molecular weight is 411 g/mol. The Balaban J connectivity index is 1.46. The van der Waals surface area contributed by atoms with Gasteiger partial charge in [-0.25, -0.2) is 4.79 Å². The SMILES string of the molecule is O=C(O)c1ccc(-c2ccc(-c3ccc(Oc4ccc([N+](=O)[O-])cc4)cc3)cc2)cc1. The van der Waals surface area contributed by atoms with Crippen LogP contribution in [0.25, 0.3) is 22.3 Å². The van der Waals surface area contributed by atoms with Crippen LogP contribution in [0.5, 0.6) is 11.5 Å². The average Bonchev–Trinajstić information content (AvgIpc) is 2.80. The number of carboxylic acids is 1. The van der Waals surface area contributed by atoms with Crippen LogP contribution in [0.2, 0.25) is 0 Å². The predicted octanol–water partition coefficient (Wildman–Crippen LogP) is 6.42. The van der Waals surface area contributed by atoms with Crippen LogP contribution in [0.4, 0.5) is 5.69 Å². The zero-order chi connectivity index (χ0) is 21.8. The van der Waals surface area contributed by atoms with Crippen molar-refractivity contribution in [3.8, 4) is 33.8 Å². The molecule has 0 aliphatic heterocycles. The van der Waals surface area contributed by atoms with Gasteiger partial charge in [0.1, 0.15) is 11.5 Å². The number of carboxylic acid groups (broad SMARTS) is 1. The minimum absolute atomic E-state index is 0.0176. The molecule has 152 valence electrons. The van der Waals surface area contributed by atoms with E-state index in [4.69, 9.17) is 9.84 Å². The second-order valence-corrected chi connectivity index (χ2v) is 6.84. The molecule has 6 nitrogen and oxygen atoms in total. The van der Waals surface area contributed by atoms with Gasteiger partial charge in [-0.15, -0.1) is 0 Å². The molecule has 0 amide bonds. The van der Waals surface area contributed by atoms with Crippen LogP contribution in [-0.4, -0.2) is 16.0 Å². The number of ether oxygens (including phenoxy) is 1. The molecule has 4 rings (SSSR count). The maximum atomic E-state index is 11.0. The summed E-state index contributed by atoms with van der Waals surface area (Å²) in [5, 5.41) is 19.7. The van der Waals surface area contributed by atoms with Crippen molar-refractivity contribution in [2.45, 2.75) is 0 Å². The van der Waals surface area contributed by atoms with Gasteiger partial charge in [0.2, 0.25) is 0 Å². The lowest BCUT2D eigenvalue weighted by Crippen LogP contribution is -1.94. The van der Waals surface area contributed by atoms with E-state index in [1.54, 1.807) is 36.4 Å². The molecule has 0 saturated carbocycles. The fourth-order valence-corrected chi connectivity index (χ4v) is 3.15. The van der Waals surface area contributed by atoms with Crippen LogP contribution in [-0.2, 0) is 0 Å². The van der Waals surface area contributed by atoms with Gasteiger partial charge in [0.05, 0.1) is 10.5 Å². The first kappa shape index (κ1) is 19.8. The largest absolute Gasteiger partial charge is 0.478 e. The summed E-state index contributed by atoms with van der Waals surface area (Å²) in [5.41, 5.74) is 4.28. The molecule has 0 bridgehead atoms. The number of benzene rings is 4. The van der Waals surface area contributed by atoms with Crippen LogP contribution in [0.1, 0.15) is 10.4 Å². The first-order valence-electron chi connectivity index (χ1n) is 9.46. The Labute approximate surface area is 178 Å². The van der Waals surface area contributed by atoms with Crippen molar-refractivity contribution in [3.63, 3.8) is 0 Å². The van der Waals surface area contributed by atoms with Gasteiger partial charge in [0, 0.05) is 12.1 Å². The molecule has 0 radical (unpaired) electrons. The Morgan fingerprint density at radius 2 is 1.00 bits per heavy atom. The third-order valence-electron chi connectivity index (χ3n) is 4.82. The summed E-state index contributed by atoms with van der Waals surface area (Å²) < 4.78 is 5.74. The fourth-order valence-electron chi connectivity index (χ4n) is 3.15. The normalized spacial score (nSPS) is 10.5. The second-order valence-electron chi connectivity index (χ2n) is 6.84. The zero-order valence-corrected chi connectivity index (χ0v) is 16.3. The summed E-state index contributed by atoms with van der Waals surface area (Å²) in [5.74, 6) is 0.215. The van der Waals surface area contributed by atoms with Crippen LogP contribution in [0.3, 0.4) is 0 Å². The highest BCUT2D eigenvalue weighted by Gasteiger charge is 2.06. The van der Waals surface area contributed by atoms with Gasteiger partial charge in [0.15, 0.2) is 0 Å². The molecule has 0 aromatic heterocycles. The molecule has 0 spiro atoms. The molecule has 0 unspecified atom stereocenters. The third kappa shape index (κ3) is 4.59. The molecule has 1 N–H and O–H groups in total. The highest BCUT2D eigenvalue weighted by Crippen LogP contribution is 2.29. The van der Waals surface area contributed by atoms with Gasteiger partial charge < -0.3 is 9.84 Å². The summed E-state index contributed by atoms with van der Waals surface area (Å²) in [7, 11) is 0. The Bertz CT molecular complexity index is 1210. The lowest BCUT2D eigenvalue weighted by molar-refractivity contribution is -0.384. The Kier molecular flexibility index (Phi) is 5.45. The minimum atomic E-state index is -0.942. The Morgan fingerprint density at radius 3 is 1.39 bits per heavy atom. The summed E-state index contributed by atoms with van der Waals surface area (Å²) in [6.45, 7) is 0. The van der Waals surface area contributed by atoms with Crippen LogP contribution in [0.15, 0.2) is 97.1 Å². The topological polar surface area (TPSA) is 89.7 Å². The fraction of sp³-hybridized carbons (Fsp3) is 0. The van der Waals surface area contributed by atoms with E-state index in [0.29, 0.717) is 11.5 Å². The van der Waals surface area contributed by atoms with Crippen molar-refractivity contribution < 1.29 is 19.6 Å². The number of hydrogen-bond acceptors (Lipinski definition) is 4. The van der Waals surface area contributed by atoms with Gasteiger partial charge in [0.25, 0.3) is 5.69 Å². The summed E-state index contributed by atoms with van der Waals surface area (Å²) in [4.78, 5) is 21.3. The zero-order valence-electron chi connectivity index (χ0n) is 16.3. The second kappa shape index (κ2) is 8.51.